The Morgan fingerprint density at radius 1 is 0.844 bits per heavy atom. The van der Waals surface area contributed by atoms with Crippen molar-refractivity contribution in [2.75, 3.05) is 0 Å². The molecule has 2 unspecified atom stereocenters. The summed E-state index contributed by atoms with van der Waals surface area (Å²) in [6.07, 6.45) is 7.86. The van der Waals surface area contributed by atoms with Gasteiger partial charge in [-0.05, 0) is 84.1 Å². The number of aryl methyl sites for hydroxylation is 1. The van der Waals surface area contributed by atoms with E-state index < -0.39 is 5.60 Å². The fourth-order valence-electron chi connectivity index (χ4n) is 7.02. The van der Waals surface area contributed by atoms with E-state index in [0.717, 1.165) is 19.4 Å². The van der Waals surface area contributed by atoms with Crippen molar-refractivity contribution in [1.82, 2.24) is 4.90 Å². The second-order valence-corrected chi connectivity index (χ2v) is 12.3. The molecular weight excluding hydrogens is 390 g/mol. The van der Waals surface area contributed by atoms with Crippen molar-refractivity contribution in [3.05, 3.63) is 70.3 Å². The molecule has 0 amide bonds. The van der Waals surface area contributed by atoms with Crippen LogP contribution < -0.4 is 0 Å². The third-order valence-corrected chi connectivity index (χ3v) is 9.07. The van der Waals surface area contributed by atoms with E-state index in [4.69, 9.17) is 0 Å². The van der Waals surface area contributed by atoms with Gasteiger partial charge in [-0.15, -0.1) is 0 Å². The molecule has 1 aliphatic carbocycles. The molecule has 32 heavy (non-hydrogen) atoms. The zero-order chi connectivity index (χ0) is 22.7. The summed E-state index contributed by atoms with van der Waals surface area (Å²) in [5.41, 5.74) is 6.54. The molecule has 2 heterocycles. The van der Waals surface area contributed by atoms with Gasteiger partial charge < -0.3 is 5.11 Å². The van der Waals surface area contributed by atoms with Gasteiger partial charge in [0.05, 0.1) is 5.60 Å². The minimum atomic E-state index is -0.709. The molecule has 0 radical (unpaired) electrons. The van der Waals surface area contributed by atoms with E-state index in [9.17, 15) is 5.11 Å². The van der Waals surface area contributed by atoms with E-state index in [2.05, 4.69) is 82.0 Å². The Hall–Kier alpha value is -1.64. The zero-order valence-electron chi connectivity index (χ0n) is 20.7. The maximum Gasteiger partial charge on any atom is 0.0929 e. The van der Waals surface area contributed by atoms with E-state index in [1.165, 1.54) is 59.9 Å². The Kier molecular flexibility index (Phi) is 5.34. The average molecular weight is 432 g/mol. The number of aliphatic hydroxyl groups is 1. The summed E-state index contributed by atoms with van der Waals surface area (Å²) in [7, 11) is 0. The highest BCUT2D eigenvalue weighted by Crippen LogP contribution is 2.50. The van der Waals surface area contributed by atoms with Crippen LogP contribution in [0.4, 0.5) is 0 Å². The average Bonchev–Trinajstić information content (AvgIpc) is 2.73. The monoisotopic (exact) mass is 431 g/mol. The van der Waals surface area contributed by atoms with Gasteiger partial charge in [0.2, 0.25) is 0 Å². The van der Waals surface area contributed by atoms with Crippen LogP contribution in [0, 0.1) is 6.92 Å². The summed E-state index contributed by atoms with van der Waals surface area (Å²) in [4.78, 5) is 2.70. The number of piperidine rings is 2. The maximum absolute atomic E-state index is 12.2. The van der Waals surface area contributed by atoms with Crippen molar-refractivity contribution in [3.8, 4) is 0 Å². The van der Waals surface area contributed by atoms with Gasteiger partial charge in [-0.2, -0.15) is 0 Å². The molecule has 2 fully saturated rings. The van der Waals surface area contributed by atoms with Crippen LogP contribution in [0.25, 0.3) is 0 Å². The Morgan fingerprint density at radius 3 is 2.00 bits per heavy atom. The van der Waals surface area contributed by atoms with Gasteiger partial charge in [-0.25, -0.2) is 0 Å². The first-order valence-corrected chi connectivity index (χ1v) is 12.8. The van der Waals surface area contributed by atoms with Crippen LogP contribution in [0.1, 0.15) is 100 Å². The lowest BCUT2D eigenvalue weighted by molar-refractivity contribution is -0.100. The largest absolute Gasteiger partial charge is 0.385 e. The molecule has 2 bridgehead atoms. The molecule has 0 aromatic heterocycles. The normalized spacial score (nSPS) is 31.2. The summed E-state index contributed by atoms with van der Waals surface area (Å²) >= 11 is 0. The fourth-order valence-corrected chi connectivity index (χ4v) is 7.02. The van der Waals surface area contributed by atoms with Gasteiger partial charge in [-0.3, -0.25) is 4.90 Å². The summed E-state index contributed by atoms with van der Waals surface area (Å²) in [6, 6.07) is 16.7. The summed E-state index contributed by atoms with van der Waals surface area (Å²) in [5.74, 6) is 0. The molecule has 2 aromatic rings. The maximum atomic E-state index is 12.2. The van der Waals surface area contributed by atoms with Crippen LogP contribution in [-0.2, 0) is 23.0 Å². The third kappa shape index (κ3) is 3.74. The summed E-state index contributed by atoms with van der Waals surface area (Å²) in [5, 5.41) is 12.2. The van der Waals surface area contributed by atoms with Crippen LogP contribution in [0.3, 0.4) is 0 Å². The molecule has 1 N–H and O–H groups in total. The van der Waals surface area contributed by atoms with Crippen LogP contribution >= 0.6 is 0 Å². The van der Waals surface area contributed by atoms with Gasteiger partial charge in [0.1, 0.15) is 0 Å². The number of hydrogen-bond donors (Lipinski definition) is 1. The van der Waals surface area contributed by atoms with E-state index in [1.54, 1.807) is 0 Å². The highest BCUT2D eigenvalue weighted by atomic mass is 16.3. The Bertz CT molecular complexity index is 975. The second kappa shape index (κ2) is 7.71. The summed E-state index contributed by atoms with van der Waals surface area (Å²) in [6.45, 7) is 12.8. The Morgan fingerprint density at radius 2 is 1.41 bits per heavy atom. The van der Waals surface area contributed by atoms with Gasteiger partial charge in [0, 0.05) is 18.6 Å². The van der Waals surface area contributed by atoms with Crippen LogP contribution in [-0.4, -0.2) is 22.1 Å². The molecule has 0 spiro atoms. The van der Waals surface area contributed by atoms with Crippen LogP contribution in [0.15, 0.2) is 42.5 Å². The summed E-state index contributed by atoms with van der Waals surface area (Å²) < 4.78 is 0. The van der Waals surface area contributed by atoms with Crippen molar-refractivity contribution < 1.29 is 5.11 Å². The van der Waals surface area contributed by atoms with Gasteiger partial charge >= 0.3 is 0 Å². The van der Waals surface area contributed by atoms with Crippen molar-refractivity contribution in [2.45, 2.75) is 115 Å². The minimum absolute atomic E-state index is 0.174. The molecule has 2 aliphatic heterocycles. The first-order chi connectivity index (χ1) is 15.1. The lowest BCUT2D eigenvalue weighted by Gasteiger charge is -2.53. The molecule has 2 heteroatoms. The number of fused-ring (bicyclic) bond motifs is 3. The molecule has 2 nitrogen and oxygen atoms in total. The molecule has 5 rings (SSSR count). The third-order valence-electron chi connectivity index (χ3n) is 9.07. The number of benzene rings is 2. The molecule has 3 aliphatic rings. The number of hydrogen-bond acceptors (Lipinski definition) is 2. The van der Waals surface area contributed by atoms with E-state index in [-0.39, 0.29) is 10.8 Å². The zero-order valence-corrected chi connectivity index (χ0v) is 20.7. The first kappa shape index (κ1) is 22.2. The van der Waals surface area contributed by atoms with Crippen molar-refractivity contribution in [3.63, 3.8) is 0 Å². The van der Waals surface area contributed by atoms with Gasteiger partial charge in [0.15, 0.2) is 0 Å². The SMILES string of the molecule is Cc1cc2c(cc1C1(O)CC3CCCC(C1)N3Cc1ccccc1)C(C)(C)CCC2(C)C. The molecule has 172 valence electrons. The lowest BCUT2D eigenvalue weighted by atomic mass is 9.61. The van der Waals surface area contributed by atoms with E-state index in [1.807, 2.05) is 0 Å². The van der Waals surface area contributed by atoms with Crippen molar-refractivity contribution in [1.29, 1.82) is 0 Å². The first-order valence-electron chi connectivity index (χ1n) is 12.8. The molecule has 0 saturated carbocycles. The molecular formula is C30H41NO. The van der Waals surface area contributed by atoms with Gasteiger partial charge in [0.25, 0.3) is 0 Å². The van der Waals surface area contributed by atoms with Crippen molar-refractivity contribution in [2.24, 2.45) is 0 Å². The van der Waals surface area contributed by atoms with Crippen LogP contribution in [0.5, 0.6) is 0 Å². The van der Waals surface area contributed by atoms with E-state index in [0.29, 0.717) is 12.1 Å². The van der Waals surface area contributed by atoms with Crippen LogP contribution in [0.2, 0.25) is 0 Å². The Labute approximate surface area is 195 Å². The molecule has 2 atom stereocenters. The molecule has 2 saturated heterocycles. The smallest absolute Gasteiger partial charge is 0.0929 e. The van der Waals surface area contributed by atoms with E-state index >= 15 is 0 Å². The standard InChI is InChI=1S/C30H41NO/c1-21-16-26-27(29(4,5)15-14-28(26,2)3)17-25(21)30(32)18-23-12-9-13-24(19-30)31(23)20-22-10-7-6-8-11-22/h6-8,10-11,16-17,23-24,32H,9,12-15,18-20H2,1-5H3. The predicted molar refractivity (Wildman–Crippen MR) is 133 cm³/mol. The van der Waals surface area contributed by atoms with Crippen molar-refractivity contribution >= 4 is 0 Å². The quantitative estimate of drug-likeness (QED) is 0.581. The Balaban J connectivity index is 1.50. The molecule has 2 aromatic carbocycles. The fraction of sp³-hybridized carbons (Fsp3) is 0.600. The predicted octanol–water partition coefficient (Wildman–Crippen LogP) is 6.75. The topological polar surface area (TPSA) is 23.5 Å². The highest BCUT2D eigenvalue weighted by Gasteiger charge is 2.48. The lowest BCUT2D eigenvalue weighted by Crippen LogP contribution is -2.56. The second-order valence-electron chi connectivity index (χ2n) is 12.3. The van der Waals surface area contributed by atoms with Gasteiger partial charge in [-0.1, -0.05) is 76.6 Å². The minimum Gasteiger partial charge on any atom is -0.385 e. The number of nitrogens with zero attached hydrogens (tertiary/aromatic N) is 1. The number of rotatable bonds is 3. The highest BCUT2D eigenvalue weighted by molar-refractivity contribution is 5.49.